The first kappa shape index (κ1) is 17.1. The van der Waals surface area contributed by atoms with Crippen LogP contribution in [0, 0.1) is 11.8 Å². The van der Waals surface area contributed by atoms with Crippen molar-refractivity contribution in [2.24, 2.45) is 0 Å². The molecule has 1 aromatic rings. The molecule has 0 aliphatic carbocycles. The van der Waals surface area contributed by atoms with Gasteiger partial charge in [-0.05, 0) is 32.4 Å². The number of allylic oxidation sites excluding steroid dienone is 1. The summed E-state index contributed by atoms with van der Waals surface area (Å²) in [5.41, 5.74) is 2.54. The molecule has 0 amide bonds. The van der Waals surface area contributed by atoms with Gasteiger partial charge < -0.3 is 9.47 Å². The predicted octanol–water partition coefficient (Wildman–Crippen LogP) is 3.61. The van der Waals surface area contributed by atoms with Crippen molar-refractivity contribution in [2.75, 3.05) is 6.61 Å². The summed E-state index contributed by atoms with van der Waals surface area (Å²) in [6.45, 7) is 6.46. The highest BCUT2D eigenvalue weighted by molar-refractivity contribution is 6.25. The first-order valence-corrected chi connectivity index (χ1v) is 7.84. The predicted molar refractivity (Wildman–Crippen MR) is 89.5 cm³/mol. The Morgan fingerprint density at radius 1 is 1.36 bits per heavy atom. The Morgan fingerprint density at radius 2 is 2.09 bits per heavy atom. The maximum atomic E-state index is 6.13. The summed E-state index contributed by atoms with van der Waals surface area (Å²) >= 11 is 5.47. The van der Waals surface area contributed by atoms with E-state index in [2.05, 4.69) is 29.3 Å². The molecule has 1 saturated heterocycles. The van der Waals surface area contributed by atoms with E-state index in [0.29, 0.717) is 6.61 Å². The number of benzene rings is 1. The number of hydrogen-bond donors (Lipinski definition) is 1. The summed E-state index contributed by atoms with van der Waals surface area (Å²) in [6.07, 6.45) is 1.54. The van der Waals surface area contributed by atoms with E-state index in [1.165, 1.54) is 5.54 Å². The first-order chi connectivity index (χ1) is 10.5. The van der Waals surface area contributed by atoms with Crippen LogP contribution < -0.4 is 5.32 Å². The largest absolute Gasteiger partial charge is 0.349 e. The molecule has 0 unspecified atom stereocenters. The maximum absolute atomic E-state index is 6.13. The van der Waals surface area contributed by atoms with Crippen LogP contribution in [0.15, 0.2) is 41.9 Å². The molecule has 1 fully saturated rings. The second-order valence-electron chi connectivity index (χ2n) is 5.74. The SMILES string of the molecule is C[C@@H](C#C/C=C/Cl)N[C@H]1COC(C)(C)O[C@H]1c1ccccc1. The molecule has 4 heteroatoms. The summed E-state index contributed by atoms with van der Waals surface area (Å²) in [4.78, 5) is 0. The van der Waals surface area contributed by atoms with Crippen LogP contribution in [0.25, 0.3) is 0 Å². The lowest BCUT2D eigenvalue weighted by atomic mass is 10.00. The molecule has 1 aliphatic rings. The molecule has 0 aromatic heterocycles. The van der Waals surface area contributed by atoms with Gasteiger partial charge in [0.25, 0.3) is 0 Å². The van der Waals surface area contributed by atoms with E-state index >= 15 is 0 Å². The Kier molecular flexibility index (Phi) is 6.05. The fourth-order valence-corrected chi connectivity index (χ4v) is 2.51. The third-order valence-corrected chi connectivity index (χ3v) is 3.55. The molecule has 0 spiro atoms. The summed E-state index contributed by atoms with van der Waals surface area (Å²) in [6, 6.07) is 10.3. The molecule has 22 heavy (non-hydrogen) atoms. The maximum Gasteiger partial charge on any atom is 0.163 e. The Labute approximate surface area is 137 Å². The van der Waals surface area contributed by atoms with E-state index in [9.17, 15) is 0 Å². The highest BCUT2D eigenvalue weighted by Crippen LogP contribution is 2.33. The molecule has 3 nitrogen and oxygen atoms in total. The van der Waals surface area contributed by atoms with Crippen LogP contribution in [-0.4, -0.2) is 24.5 Å². The normalized spacial score (nSPS) is 25.5. The molecule has 0 radical (unpaired) electrons. The Bertz CT molecular complexity index is 559. The van der Waals surface area contributed by atoms with Crippen LogP contribution in [0.5, 0.6) is 0 Å². The van der Waals surface area contributed by atoms with Gasteiger partial charge in [0, 0.05) is 5.54 Å². The Morgan fingerprint density at radius 3 is 2.77 bits per heavy atom. The zero-order chi connectivity index (χ0) is 16.0. The van der Waals surface area contributed by atoms with E-state index in [1.807, 2.05) is 39.0 Å². The van der Waals surface area contributed by atoms with Crippen molar-refractivity contribution >= 4 is 11.6 Å². The van der Waals surface area contributed by atoms with Crippen LogP contribution >= 0.6 is 11.6 Å². The second-order valence-corrected chi connectivity index (χ2v) is 5.99. The lowest BCUT2D eigenvalue weighted by molar-refractivity contribution is -0.285. The summed E-state index contributed by atoms with van der Waals surface area (Å²) in [5.74, 6) is 5.38. The fourth-order valence-electron chi connectivity index (χ4n) is 2.45. The highest BCUT2D eigenvalue weighted by atomic mass is 35.5. The lowest BCUT2D eigenvalue weighted by Gasteiger charge is -2.42. The molecule has 1 N–H and O–H groups in total. The van der Waals surface area contributed by atoms with Gasteiger partial charge >= 0.3 is 0 Å². The molecule has 0 saturated carbocycles. The summed E-state index contributed by atoms with van der Waals surface area (Å²) in [7, 11) is 0. The van der Waals surface area contributed by atoms with E-state index < -0.39 is 5.79 Å². The van der Waals surface area contributed by atoms with Gasteiger partial charge in [0.1, 0.15) is 6.10 Å². The third kappa shape index (κ3) is 4.86. The van der Waals surface area contributed by atoms with Gasteiger partial charge in [-0.3, -0.25) is 5.32 Å². The van der Waals surface area contributed by atoms with Gasteiger partial charge in [0.2, 0.25) is 0 Å². The van der Waals surface area contributed by atoms with Crippen molar-refractivity contribution in [3.63, 3.8) is 0 Å². The van der Waals surface area contributed by atoms with Crippen LogP contribution in [0.1, 0.15) is 32.4 Å². The van der Waals surface area contributed by atoms with Gasteiger partial charge in [-0.25, -0.2) is 0 Å². The van der Waals surface area contributed by atoms with Gasteiger partial charge in [-0.2, -0.15) is 0 Å². The third-order valence-electron chi connectivity index (χ3n) is 3.43. The van der Waals surface area contributed by atoms with E-state index in [0.717, 1.165) is 5.56 Å². The molecule has 3 atom stereocenters. The lowest BCUT2D eigenvalue weighted by Crippen LogP contribution is -2.52. The number of ether oxygens (including phenoxy) is 2. The van der Waals surface area contributed by atoms with Gasteiger partial charge in [0.05, 0.1) is 18.7 Å². The second kappa shape index (κ2) is 7.80. The summed E-state index contributed by atoms with van der Waals surface area (Å²) < 4.78 is 11.9. The van der Waals surface area contributed by atoms with Crippen LogP contribution in [0.2, 0.25) is 0 Å². The number of rotatable bonds is 3. The van der Waals surface area contributed by atoms with E-state index in [1.54, 1.807) is 6.08 Å². The summed E-state index contributed by atoms with van der Waals surface area (Å²) in [5, 5.41) is 3.46. The quantitative estimate of drug-likeness (QED) is 0.863. The van der Waals surface area contributed by atoms with Crippen LogP contribution in [0.4, 0.5) is 0 Å². The van der Waals surface area contributed by atoms with Gasteiger partial charge in [-0.15, -0.1) is 0 Å². The van der Waals surface area contributed by atoms with Crippen molar-refractivity contribution in [2.45, 2.75) is 44.7 Å². The molecule has 2 rings (SSSR count). The highest BCUT2D eigenvalue weighted by Gasteiger charge is 2.37. The minimum atomic E-state index is -0.588. The molecule has 118 valence electrons. The van der Waals surface area contributed by atoms with Crippen molar-refractivity contribution < 1.29 is 9.47 Å². The van der Waals surface area contributed by atoms with Gasteiger partial charge in [0.15, 0.2) is 5.79 Å². The van der Waals surface area contributed by atoms with Crippen molar-refractivity contribution in [3.8, 4) is 11.8 Å². The van der Waals surface area contributed by atoms with E-state index in [-0.39, 0.29) is 18.2 Å². The molecule has 1 aromatic carbocycles. The number of nitrogens with one attached hydrogen (secondary N) is 1. The fraction of sp³-hybridized carbons (Fsp3) is 0.444. The first-order valence-electron chi connectivity index (χ1n) is 7.41. The molecular formula is C18H22ClNO2. The molecular weight excluding hydrogens is 298 g/mol. The molecule has 0 bridgehead atoms. The van der Waals surface area contributed by atoms with Crippen LogP contribution in [-0.2, 0) is 9.47 Å². The van der Waals surface area contributed by atoms with Crippen molar-refractivity contribution in [3.05, 3.63) is 47.5 Å². The zero-order valence-electron chi connectivity index (χ0n) is 13.2. The van der Waals surface area contributed by atoms with Crippen molar-refractivity contribution in [1.82, 2.24) is 5.32 Å². The Balaban J connectivity index is 2.12. The minimum Gasteiger partial charge on any atom is -0.349 e. The average Bonchev–Trinajstić information content (AvgIpc) is 2.50. The minimum absolute atomic E-state index is 0.0116. The van der Waals surface area contributed by atoms with Gasteiger partial charge in [-0.1, -0.05) is 53.8 Å². The van der Waals surface area contributed by atoms with Crippen LogP contribution in [0.3, 0.4) is 0 Å². The Hall–Kier alpha value is -1.31. The number of hydrogen-bond acceptors (Lipinski definition) is 3. The molecule has 1 aliphatic heterocycles. The molecule has 1 heterocycles. The van der Waals surface area contributed by atoms with Crippen molar-refractivity contribution in [1.29, 1.82) is 0 Å². The topological polar surface area (TPSA) is 30.5 Å². The number of halogens is 1. The zero-order valence-corrected chi connectivity index (χ0v) is 13.9. The standard InChI is InChI=1S/C18H22ClNO2/c1-14(9-7-8-12-19)20-16-13-21-18(2,3)22-17(16)15-10-5-4-6-11-15/h4-6,8,10-12,14,16-17,20H,13H2,1-3H3/b12-8+/t14-,16-,17-/m0/s1. The average molecular weight is 320 g/mol. The van der Waals surface area contributed by atoms with E-state index in [4.69, 9.17) is 21.1 Å². The smallest absolute Gasteiger partial charge is 0.163 e. The monoisotopic (exact) mass is 319 g/mol.